The summed E-state index contributed by atoms with van der Waals surface area (Å²) in [4.78, 5) is 12.1. The van der Waals surface area contributed by atoms with Crippen molar-refractivity contribution in [2.24, 2.45) is 0 Å². The molecule has 0 aliphatic rings. The van der Waals surface area contributed by atoms with Gasteiger partial charge in [0.25, 0.3) is 5.91 Å². The van der Waals surface area contributed by atoms with Crippen LogP contribution >= 0.6 is 11.6 Å². The number of carbonyl (C=O) groups excluding carboxylic acids is 1. The van der Waals surface area contributed by atoms with Crippen LogP contribution in [0.2, 0.25) is 0 Å². The zero-order chi connectivity index (χ0) is 12.9. The number of hydrogen-bond acceptors (Lipinski definition) is 2. The zero-order valence-electron chi connectivity index (χ0n) is 10.7. The molecule has 1 aromatic heterocycles. The molecule has 0 fully saturated rings. The fourth-order valence-corrected chi connectivity index (χ4v) is 2.22. The number of aryl methyl sites for hydroxylation is 1. The van der Waals surface area contributed by atoms with Crippen molar-refractivity contribution in [2.75, 3.05) is 5.88 Å². The van der Waals surface area contributed by atoms with Crippen molar-refractivity contribution >= 4 is 17.5 Å². The van der Waals surface area contributed by atoms with Crippen LogP contribution in [-0.2, 0) is 6.42 Å². The van der Waals surface area contributed by atoms with E-state index in [1.54, 1.807) is 12.3 Å². The molecule has 0 atom stereocenters. The topological polar surface area (TPSA) is 42.2 Å². The number of halogens is 1. The monoisotopic (exact) mass is 257 g/mol. The van der Waals surface area contributed by atoms with Gasteiger partial charge in [-0.15, -0.1) is 11.6 Å². The summed E-state index contributed by atoms with van der Waals surface area (Å²) in [6, 6.07) is 1.71. The first-order chi connectivity index (χ1) is 8.12. The van der Waals surface area contributed by atoms with E-state index in [0.717, 1.165) is 18.6 Å². The average molecular weight is 258 g/mol. The second-order valence-electron chi connectivity index (χ2n) is 4.19. The molecule has 0 saturated carbocycles. The summed E-state index contributed by atoms with van der Waals surface area (Å²) in [7, 11) is 0. The fourth-order valence-electron chi connectivity index (χ4n) is 1.77. The maximum atomic E-state index is 12.1. The van der Waals surface area contributed by atoms with Gasteiger partial charge in [0.05, 0.1) is 17.4 Å². The number of furan rings is 1. The first-order valence-corrected chi connectivity index (χ1v) is 6.60. The highest BCUT2D eigenvalue weighted by atomic mass is 35.5. The summed E-state index contributed by atoms with van der Waals surface area (Å²) in [5.41, 5.74) is 0.296. The van der Waals surface area contributed by atoms with Crippen molar-refractivity contribution in [2.45, 2.75) is 45.6 Å². The lowest BCUT2D eigenvalue weighted by Gasteiger charge is -2.30. The van der Waals surface area contributed by atoms with Gasteiger partial charge in [-0.25, -0.2) is 0 Å². The van der Waals surface area contributed by atoms with Crippen LogP contribution in [0.15, 0.2) is 16.7 Å². The van der Waals surface area contributed by atoms with Gasteiger partial charge in [-0.2, -0.15) is 0 Å². The summed E-state index contributed by atoms with van der Waals surface area (Å²) in [6.45, 7) is 6.02. The Balaban J connectivity index is 2.84. The van der Waals surface area contributed by atoms with Gasteiger partial charge >= 0.3 is 0 Å². The molecule has 1 heterocycles. The molecule has 17 heavy (non-hydrogen) atoms. The Morgan fingerprint density at radius 1 is 1.41 bits per heavy atom. The average Bonchev–Trinajstić information content (AvgIpc) is 2.84. The van der Waals surface area contributed by atoms with Gasteiger partial charge in [0.15, 0.2) is 0 Å². The molecular formula is C13H20ClNO2. The minimum atomic E-state index is -0.319. The second kappa shape index (κ2) is 6.10. The van der Waals surface area contributed by atoms with Crippen LogP contribution in [0.3, 0.4) is 0 Å². The molecule has 4 heteroatoms. The van der Waals surface area contributed by atoms with Crippen LogP contribution < -0.4 is 5.32 Å². The third kappa shape index (κ3) is 3.03. The van der Waals surface area contributed by atoms with Gasteiger partial charge in [0.1, 0.15) is 5.76 Å². The minimum Gasteiger partial charge on any atom is -0.469 e. The van der Waals surface area contributed by atoms with Gasteiger partial charge in [-0.05, 0) is 18.9 Å². The SMILES string of the molecule is CCc1occc1C(=O)NC(CC)(CC)CCl. The van der Waals surface area contributed by atoms with Crippen LogP contribution in [0.5, 0.6) is 0 Å². The summed E-state index contributed by atoms with van der Waals surface area (Å²) >= 11 is 5.97. The molecule has 1 amide bonds. The highest BCUT2D eigenvalue weighted by molar-refractivity contribution is 6.19. The van der Waals surface area contributed by atoms with E-state index in [0.29, 0.717) is 17.9 Å². The molecule has 1 aromatic rings. The standard InChI is InChI=1S/C13H20ClNO2/c1-4-11-10(7-8-17-11)12(16)15-13(5-2,6-3)9-14/h7-8H,4-6,9H2,1-3H3,(H,15,16). The summed E-state index contributed by atoms with van der Waals surface area (Å²) in [5.74, 6) is 1.04. The molecule has 1 rings (SSSR count). The lowest BCUT2D eigenvalue weighted by Crippen LogP contribution is -2.49. The Morgan fingerprint density at radius 3 is 2.53 bits per heavy atom. The molecule has 0 aromatic carbocycles. The molecular weight excluding hydrogens is 238 g/mol. The highest BCUT2D eigenvalue weighted by Crippen LogP contribution is 2.19. The van der Waals surface area contributed by atoms with Gasteiger partial charge in [-0.1, -0.05) is 20.8 Å². The lowest BCUT2D eigenvalue weighted by molar-refractivity contribution is 0.0900. The third-order valence-electron chi connectivity index (χ3n) is 3.30. The largest absolute Gasteiger partial charge is 0.469 e. The van der Waals surface area contributed by atoms with Crippen molar-refractivity contribution in [3.05, 3.63) is 23.7 Å². The van der Waals surface area contributed by atoms with Crippen LogP contribution in [0, 0.1) is 0 Å². The van der Waals surface area contributed by atoms with Crippen LogP contribution in [-0.4, -0.2) is 17.3 Å². The van der Waals surface area contributed by atoms with Crippen molar-refractivity contribution in [3.63, 3.8) is 0 Å². The first-order valence-electron chi connectivity index (χ1n) is 6.07. The third-order valence-corrected chi connectivity index (χ3v) is 3.81. The smallest absolute Gasteiger partial charge is 0.255 e. The first kappa shape index (κ1) is 14.1. The zero-order valence-corrected chi connectivity index (χ0v) is 11.4. The Bertz CT molecular complexity index is 361. The quantitative estimate of drug-likeness (QED) is 0.794. The number of amides is 1. The predicted octanol–water partition coefficient (Wildman–Crippen LogP) is 3.37. The molecule has 0 aliphatic carbocycles. The summed E-state index contributed by atoms with van der Waals surface area (Å²) in [5, 5.41) is 3.03. The Kier molecular flexibility index (Phi) is 5.06. The second-order valence-corrected chi connectivity index (χ2v) is 4.45. The van der Waals surface area contributed by atoms with E-state index in [-0.39, 0.29) is 11.4 Å². The highest BCUT2D eigenvalue weighted by Gasteiger charge is 2.28. The maximum absolute atomic E-state index is 12.1. The van der Waals surface area contributed by atoms with E-state index in [2.05, 4.69) is 5.32 Å². The number of nitrogens with one attached hydrogen (secondary N) is 1. The van der Waals surface area contributed by atoms with E-state index >= 15 is 0 Å². The molecule has 96 valence electrons. The molecule has 0 bridgehead atoms. The van der Waals surface area contributed by atoms with E-state index in [1.807, 2.05) is 20.8 Å². The van der Waals surface area contributed by atoms with Crippen molar-refractivity contribution < 1.29 is 9.21 Å². The Labute approximate surface area is 108 Å². The summed E-state index contributed by atoms with van der Waals surface area (Å²) in [6.07, 6.45) is 3.89. The Morgan fingerprint density at radius 2 is 2.06 bits per heavy atom. The number of alkyl halides is 1. The van der Waals surface area contributed by atoms with Crippen molar-refractivity contribution in [1.29, 1.82) is 0 Å². The van der Waals surface area contributed by atoms with Crippen molar-refractivity contribution in [3.8, 4) is 0 Å². The predicted molar refractivity (Wildman–Crippen MR) is 69.6 cm³/mol. The van der Waals surface area contributed by atoms with Crippen molar-refractivity contribution in [1.82, 2.24) is 5.32 Å². The number of rotatable bonds is 6. The molecule has 0 spiro atoms. The normalized spacial score (nSPS) is 11.5. The minimum absolute atomic E-state index is 0.0973. The molecule has 1 N–H and O–H groups in total. The van der Waals surface area contributed by atoms with Gasteiger partial charge in [-0.3, -0.25) is 4.79 Å². The van der Waals surface area contributed by atoms with Gasteiger partial charge in [0.2, 0.25) is 0 Å². The lowest BCUT2D eigenvalue weighted by atomic mass is 9.94. The fraction of sp³-hybridized carbons (Fsp3) is 0.615. The van der Waals surface area contributed by atoms with E-state index in [1.165, 1.54) is 0 Å². The molecule has 0 aliphatic heterocycles. The van der Waals surface area contributed by atoms with Gasteiger partial charge < -0.3 is 9.73 Å². The van der Waals surface area contributed by atoms with E-state index in [9.17, 15) is 4.79 Å². The van der Waals surface area contributed by atoms with E-state index < -0.39 is 0 Å². The number of carbonyl (C=O) groups is 1. The van der Waals surface area contributed by atoms with Crippen LogP contribution in [0.4, 0.5) is 0 Å². The summed E-state index contributed by atoms with van der Waals surface area (Å²) < 4.78 is 5.26. The molecule has 0 saturated heterocycles. The Hall–Kier alpha value is -0.960. The molecule has 0 radical (unpaired) electrons. The number of hydrogen-bond donors (Lipinski definition) is 1. The van der Waals surface area contributed by atoms with Crippen LogP contribution in [0.25, 0.3) is 0 Å². The van der Waals surface area contributed by atoms with Crippen LogP contribution in [0.1, 0.15) is 49.7 Å². The molecule has 3 nitrogen and oxygen atoms in total. The van der Waals surface area contributed by atoms with Gasteiger partial charge in [0, 0.05) is 12.3 Å². The maximum Gasteiger partial charge on any atom is 0.255 e. The van der Waals surface area contributed by atoms with E-state index in [4.69, 9.17) is 16.0 Å². The molecule has 0 unspecified atom stereocenters.